The minimum Gasteiger partial charge on any atom is -0.419 e. The van der Waals surface area contributed by atoms with Crippen LogP contribution in [0.25, 0.3) is 11.5 Å². The fraction of sp³-hybridized carbons (Fsp3) is 0.500. The zero-order valence-corrected chi connectivity index (χ0v) is 13.5. The van der Waals surface area contributed by atoms with E-state index in [4.69, 9.17) is 25.5 Å². The molecule has 0 aliphatic carbocycles. The van der Waals surface area contributed by atoms with E-state index in [-0.39, 0.29) is 5.60 Å². The highest BCUT2D eigenvalue weighted by molar-refractivity contribution is 6.33. The van der Waals surface area contributed by atoms with Crippen LogP contribution in [0.4, 0.5) is 0 Å². The lowest BCUT2D eigenvalue weighted by molar-refractivity contribution is -0.112. The van der Waals surface area contributed by atoms with Crippen LogP contribution < -0.4 is 0 Å². The zero-order chi connectivity index (χ0) is 15.7. The SMILES string of the molecule is Clc1ccccc1-c1nnc(CN2CCOC3(CCOC3)C2)o1. The van der Waals surface area contributed by atoms with Crippen molar-refractivity contribution in [1.29, 1.82) is 0 Å². The molecule has 0 radical (unpaired) electrons. The van der Waals surface area contributed by atoms with E-state index in [1.165, 1.54) is 0 Å². The quantitative estimate of drug-likeness (QED) is 0.858. The Kier molecular flexibility index (Phi) is 4.07. The Bertz CT molecular complexity index is 685. The molecule has 1 unspecified atom stereocenters. The molecule has 1 spiro atoms. The topological polar surface area (TPSA) is 60.6 Å². The first-order chi connectivity index (χ1) is 11.2. The van der Waals surface area contributed by atoms with Gasteiger partial charge in [0.05, 0.1) is 30.3 Å². The van der Waals surface area contributed by atoms with E-state index in [9.17, 15) is 0 Å². The van der Waals surface area contributed by atoms with Gasteiger partial charge in [-0.3, -0.25) is 4.90 Å². The summed E-state index contributed by atoms with van der Waals surface area (Å²) in [4.78, 5) is 2.28. The summed E-state index contributed by atoms with van der Waals surface area (Å²) in [5.41, 5.74) is 0.597. The van der Waals surface area contributed by atoms with Gasteiger partial charge in [0.15, 0.2) is 0 Å². The summed E-state index contributed by atoms with van der Waals surface area (Å²) in [6.45, 7) is 4.43. The summed E-state index contributed by atoms with van der Waals surface area (Å²) in [5, 5.41) is 8.88. The van der Waals surface area contributed by atoms with Gasteiger partial charge in [0.1, 0.15) is 5.60 Å². The van der Waals surface area contributed by atoms with Gasteiger partial charge in [-0.1, -0.05) is 23.7 Å². The first kappa shape index (κ1) is 15.1. The van der Waals surface area contributed by atoms with Crippen LogP contribution in [0.1, 0.15) is 12.3 Å². The predicted octanol–water partition coefficient (Wildman–Crippen LogP) is 2.38. The highest BCUT2D eigenvalue weighted by Crippen LogP contribution is 2.29. The third kappa shape index (κ3) is 3.12. The maximum absolute atomic E-state index is 6.17. The average molecular weight is 336 g/mol. The standard InChI is InChI=1S/C16H18ClN3O3/c17-13-4-2-1-3-12(13)15-19-18-14(23-15)9-20-6-8-22-16(10-20)5-7-21-11-16/h1-4H,5-11H2. The number of morpholine rings is 1. The first-order valence-electron chi connectivity index (χ1n) is 7.75. The number of benzene rings is 1. The monoisotopic (exact) mass is 335 g/mol. The second kappa shape index (κ2) is 6.20. The maximum atomic E-state index is 6.17. The summed E-state index contributed by atoms with van der Waals surface area (Å²) < 4.78 is 17.2. The molecule has 0 bridgehead atoms. The Morgan fingerprint density at radius 1 is 1.22 bits per heavy atom. The summed E-state index contributed by atoms with van der Waals surface area (Å²) in [6.07, 6.45) is 0.943. The largest absolute Gasteiger partial charge is 0.419 e. The molecule has 0 N–H and O–H groups in total. The van der Waals surface area contributed by atoms with Crippen LogP contribution in [0.5, 0.6) is 0 Å². The maximum Gasteiger partial charge on any atom is 0.249 e. The fourth-order valence-electron chi connectivity index (χ4n) is 3.14. The van der Waals surface area contributed by atoms with E-state index in [1.807, 2.05) is 24.3 Å². The smallest absolute Gasteiger partial charge is 0.249 e. The van der Waals surface area contributed by atoms with Crippen molar-refractivity contribution < 1.29 is 13.9 Å². The van der Waals surface area contributed by atoms with Gasteiger partial charge in [-0.05, 0) is 12.1 Å². The minimum atomic E-state index is -0.163. The summed E-state index contributed by atoms with van der Waals surface area (Å²) in [6, 6.07) is 7.46. The Labute approximate surface area is 139 Å². The Hall–Kier alpha value is -1.47. The van der Waals surface area contributed by atoms with Crippen molar-refractivity contribution >= 4 is 11.6 Å². The highest BCUT2D eigenvalue weighted by atomic mass is 35.5. The first-order valence-corrected chi connectivity index (χ1v) is 8.13. The van der Waals surface area contributed by atoms with Gasteiger partial charge in [-0.15, -0.1) is 10.2 Å². The summed E-state index contributed by atoms with van der Waals surface area (Å²) in [7, 11) is 0. The molecule has 2 aliphatic rings. The van der Waals surface area contributed by atoms with E-state index < -0.39 is 0 Å². The van der Waals surface area contributed by atoms with Crippen LogP contribution in [0, 0.1) is 0 Å². The molecule has 1 aromatic carbocycles. The van der Waals surface area contributed by atoms with Gasteiger partial charge in [-0.2, -0.15) is 0 Å². The molecular formula is C16H18ClN3O3. The number of ether oxygens (including phenoxy) is 2. The molecule has 1 atom stereocenters. The van der Waals surface area contributed by atoms with E-state index in [1.54, 1.807) is 0 Å². The van der Waals surface area contributed by atoms with Gasteiger partial charge in [0.2, 0.25) is 11.8 Å². The summed E-state index contributed by atoms with van der Waals surface area (Å²) in [5.74, 6) is 1.05. The zero-order valence-electron chi connectivity index (χ0n) is 12.7. The van der Waals surface area contributed by atoms with Crippen molar-refractivity contribution in [2.75, 3.05) is 32.9 Å². The molecule has 6 nitrogen and oxygen atoms in total. The number of hydrogen-bond acceptors (Lipinski definition) is 6. The fourth-order valence-corrected chi connectivity index (χ4v) is 3.35. The number of rotatable bonds is 3. The molecule has 23 heavy (non-hydrogen) atoms. The Morgan fingerprint density at radius 3 is 2.96 bits per heavy atom. The predicted molar refractivity (Wildman–Crippen MR) is 84.1 cm³/mol. The Morgan fingerprint density at radius 2 is 2.13 bits per heavy atom. The van der Waals surface area contributed by atoms with Crippen LogP contribution in [-0.2, 0) is 16.0 Å². The number of nitrogens with zero attached hydrogens (tertiary/aromatic N) is 3. The van der Waals surface area contributed by atoms with E-state index in [0.717, 1.165) is 31.7 Å². The lowest BCUT2D eigenvalue weighted by Gasteiger charge is -2.38. The van der Waals surface area contributed by atoms with Gasteiger partial charge < -0.3 is 13.9 Å². The molecule has 0 saturated carbocycles. The van der Waals surface area contributed by atoms with Gasteiger partial charge in [0, 0.05) is 26.1 Å². The molecular weight excluding hydrogens is 318 g/mol. The van der Waals surface area contributed by atoms with Crippen LogP contribution >= 0.6 is 11.6 Å². The molecule has 122 valence electrons. The van der Waals surface area contributed by atoms with Crippen molar-refractivity contribution in [3.63, 3.8) is 0 Å². The second-order valence-corrected chi connectivity index (χ2v) is 6.43. The van der Waals surface area contributed by atoms with Crippen LogP contribution in [0.3, 0.4) is 0 Å². The number of halogens is 1. The molecule has 3 heterocycles. The molecule has 0 amide bonds. The lowest BCUT2D eigenvalue weighted by Crippen LogP contribution is -2.51. The Balaban J connectivity index is 1.46. The molecule has 2 aromatic rings. The lowest BCUT2D eigenvalue weighted by atomic mass is 10.0. The molecule has 7 heteroatoms. The van der Waals surface area contributed by atoms with Crippen molar-refractivity contribution in [2.24, 2.45) is 0 Å². The van der Waals surface area contributed by atoms with Crippen molar-refractivity contribution in [3.05, 3.63) is 35.2 Å². The third-order valence-electron chi connectivity index (χ3n) is 4.32. The van der Waals surface area contributed by atoms with E-state index >= 15 is 0 Å². The van der Waals surface area contributed by atoms with Gasteiger partial charge in [0.25, 0.3) is 0 Å². The number of hydrogen-bond donors (Lipinski definition) is 0. The van der Waals surface area contributed by atoms with Gasteiger partial charge >= 0.3 is 0 Å². The molecule has 4 rings (SSSR count). The van der Waals surface area contributed by atoms with Gasteiger partial charge in [-0.25, -0.2) is 0 Å². The van der Waals surface area contributed by atoms with Crippen LogP contribution in [0.2, 0.25) is 5.02 Å². The van der Waals surface area contributed by atoms with Crippen molar-refractivity contribution in [1.82, 2.24) is 15.1 Å². The van der Waals surface area contributed by atoms with E-state index in [0.29, 0.717) is 36.6 Å². The van der Waals surface area contributed by atoms with Crippen molar-refractivity contribution in [3.8, 4) is 11.5 Å². The second-order valence-electron chi connectivity index (χ2n) is 6.03. The normalized spacial score (nSPS) is 25.3. The van der Waals surface area contributed by atoms with Crippen LogP contribution in [0.15, 0.2) is 28.7 Å². The van der Waals surface area contributed by atoms with Crippen molar-refractivity contribution in [2.45, 2.75) is 18.6 Å². The molecule has 2 aliphatic heterocycles. The minimum absolute atomic E-state index is 0.163. The summed E-state index contributed by atoms with van der Waals surface area (Å²) >= 11 is 6.17. The average Bonchev–Trinajstić information content (AvgIpc) is 3.18. The highest BCUT2D eigenvalue weighted by Gasteiger charge is 2.40. The molecule has 1 aromatic heterocycles. The molecule has 2 fully saturated rings. The third-order valence-corrected chi connectivity index (χ3v) is 4.65. The molecule has 2 saturated heterocycles. The van der Waals surface area contributed by atoms with Crippen LogP contribution in [-0.4, -0.2) is 53.6 Å². The van der Waals surface area contributed by atoms with E-state index in [2.05, 4.69) is 15.1 Å². The number of aromatic nitrogens is 2.